The number of likely N-dealkylation sites (N-methyl/N-ethyl adjacent to an activating group) is 1. The molecule has 3 rings (SSSR count). The summed E-state index contributed by atoms with van der Waals surface area (Å²) in [5.74, 6) is -0.764. The number of carboxylic acids is 1. The Balaban J connectivity index is 1.64. The van der Waals surface area contributed by atoms with Gasteiger partial charge in [-0.1, -0.05) is 12.1 Å². The molecule has 2 saturated heterocycles. The van der Waals surface area contributed by atoms with Crippen molar-refractivity contribution in [3.05, 3.63) is 35.4 Å². The summed E-state index contributed by atoms with van der Waals surface area (Å²) in [5.41, 5.74) is 0.845. The summed E-state index contributed by atoms with van der Waals surface area (Å²) in [6.07, 6.45) is 1.60. The molecule has 2 fully saturated rings. The standard InChI is InChI=1S/C18H24N2O4/c1-19-12-15(21)10-18(17(19)24)5-7-20(8-6-18)11-13-3-2-4-14(9-13)16(22)23/h2-4,9,15,21H,5-8,10-12H2,1H3,(H,22,23). The van der Waals surface area contributed by atoms with Gasteiger partial charge in [-0.05, 0) is 50.0 Å². The molecule has 6 nitrogen and oxygen atoms in total. The van der Waals surface area contributed by atoms with Crippen LogP contribution < -0.4 is 0 Å². The second-order valence-electron chi connectivity index (χ2n) is 7.11. The number of amides is 1. The van der Waals surface area contributed by atoms with Gasteiger partial charge in [0.25, 0.3) is 0 Å². The fourth-order valence-corrected chi connectivity index (χ4v) is 4.02. The summed E-state index contributed by atoms with van der Waals surface area (Å²) in [4.78, 5) is 27.5. The van der Waals surface area contributed by atoms with E-state index in [9.17, 15) is 14.7 Å². The van der Waals surface area contributed by atoms with Gasteiger partial charge in [-0.3, -0.25) is 9.69 Å². The summed E-state index contributed by atoms with van der Waals surface area (Å²) < 4.78 is 0. The first kappa shape index (κ1) is 16.9. The lowest BCUT2D eigenvalue weighted by Gasteiger charge is -2.47. The molecule has 1 unspecified atom stereocenters. The molecule has 2 N–H and O–H groups in total. The minimum atomic E-state index is -0.917. The van der Waals surface area contributed by atoms with E-state index in [1.165, 1.54) is 0 Å². The number of benzene rings is 1. The molecule has 6 heteroatoms. The minimum Gasteiger partial charge on any atom is -0.478 e. The molecule has 130 valence electrons. The minimum absolute atomic E-state index is 0.153. The molecule has 1 aromatic carbocycles. The highest BCUT2D eigenvalue weighted by molar-refractivity contribution is 5.87. The zero-order valence-electron chi connectivity index (χ0n) is 13.9. The first-order valence-corrected chi connectivity index (χ1v) is 8.38. The van der Waals surface area contributed by atoms with Crippen LogP contribution in [-0.4, -0.2) is 64.7 Å². The van der Waals surface area contributed by atoms with Gasteiger partial charge in [0.05, 0.1) is 17.1 Å². The van der Waals surface area contributed by atoms with Crippen molar-refractivity contribution < 1.29 is 19.8 Å². The maximum Gasteiger partial charge on any atom is 0.335 e. The zero-order chi connectivity index (χ0) is 17.3. The summed E-state index contributed by atoms with van der Waals surface area (Å²) >= 11 is 0. The maximum absolute atomic E-state index is 12.6. The van der Waals surface area contributed by atoms with Crippen molar-refractivity contribution in [3.63, 3.8) is 0 Å². The third-order valence-electron chi connectivity index (χ3n) is 5.30. The van der Waals surface area contributed by atoms with Crippen LogP contribution in [0.25, 0.3) is 0 Å². The molecule has 2 heterocycles. The molecule has 1 amide bonds. The van der Waals surface area contributed by atoms with Gasteiger partial charge in [0.1, 0.15) is 0 Å². The van der Waals surface area contributed by atoms with Crippen molar-refractivity contribution >= 4 is 11.9 Å². The van der Waals surface area contributed by atoms with Crippen molar-refractivity contribution in [2.24, 2.45) is 5.41 Å². The van der Waals surface area contributed by atoms with Crippen LogP contribution in [0, 0.1) is 5.41 Å². The SMILES string of the molecule is CN1CC(O)CC2(CCN(Cc3cccc(C(=O)O)c3)CC2)C1=O. The molecule has 2 aliphatic heterocycles. The monoisotopic (exact) mass is 332 g/mol. The van der Waals surface area contributed by atoms with Gasteiger partial charge in [0, 0.05) is 20.1 Å². The lowest BCUT2D eigenvalue weighted by atomic mass is 9.71. The van der Waals surface area contributed by atoms with E-state index in [-0.39, 0.29) is 5.91 Å². The van der Waals surface area contributed by atoms with Gasteiger partial charge in [-0.2, -0.15) is 0 Å². The number of β-amino-alcohol motifs (C(OH)–C–C–N with tert-alkyl or cyclic N) is 1. The van der Waals surface area contributed by atoms with Crippen LogP contribution in [0.4, 0.5) is 0 Å². The zero-order valence-corrected chi connectivity index (χ0v) is 13.9. The lowest BCUT2D eigenvalue weighted by molar-refractivity contribution is -0.154. The Labute approximate surface area is 141 Å². The summed E-state index contributed by atoms with van der Waals surface area (Å²) in [6, 6.07) is 6.99. The summed E-state index contributed by atoms with van der Waals surface area (Å²) in [6.45, 7) is 2.67. The number of aliphatic hydroxyl groups is 1. The van der Waals surface area contributed by atoms with E-state index >= 15 is 0 Å². The average molecular weight is 332 g/mol. The Morgan fingerprint density at radius 2 is 2.04 bits per heavy atom. The van der Waals surface area contributed by atoms with E-state index in [1.54, 1.807) is 30.1 Å². The molecule has 0 aromatic heterocycles. The van der Waals surface area contributed by atoms with Crippen LogP contribution in [0.15, 0.2) is 24.3 Å². The molecule has 2 aliphatic rings. The molecule has 1 spiro atoms. The van der Waals surface area contributed by atoms with Crippen molar-refractivity contribution in [2.75, 3.05) is 26.7 Å². The number of nitrogens with zero attached hydrogens (tertiary/aromatic N) is 2. The van der Waals surface area contributed by atoms with Crippen LogP contribution in [-0.2, 0) is 11.3 Å². The molecule has 24 heavy (non-hydrogen) atoms. The highest BCUT2D eigenvalue weighted by Crippen LogP contribution is 2.40. The number of carboxylic acid groups (broad SMARTS) is 1. The van der Waals surface area contributed by atoms with Crippen LogP contribution in [0.3, 0.4) is 0 Å². The Morgan fingerprint density at radius 3 is 2.71 bits per heavy atom. The number of hydrogen-bond acceptors (Lipinski definition) is 4. The molecule has 0 radical (unpaired) electrons. The highest BCUT2D eigenvalue weighted by Gasteiger charge is 2.47. The Kier molecular flexibility index (Phi) is 4.60. The number of carbonyl (C=O) groups excluding carboxylic acids is 1. The van der Waals surface area contributed by atoms with Crippen LogP contribution >= 0.6 is 0 Å². The van der Waals surface area contributed by atoms with Crippen LogP contribution in [0.5, 0.6) is 0 Å². The lowest BCUT2D eigenvalue weighted by Crippen LogP contribution is -2.56. The predicted molar refractivity (Wildman–Crippen MR) is 88.6 cm³/mol. The third-order valence-corrected chi connectivity index (χ3v) is 5.30. The Morgan fingerprint density at radius 1 is 1.33 bits per heavy atom. The molecule has 0 bridgehead atoms. The first-order valence-electron chi connectivity index (χ1n) is 8.38. The van der Waals surface area contributed by atoms with Crippen molar-refractivity contribution in [2.45, 2.75) is 31.9 Å². The van der Waals surface area contributed by atoms with Gasteiger partial charge in [0.2, 0.25) is 5.91 Å². The maximum atomic E-state index is 12.6. The van der Waals surface area contributed by atoms with E-state index in [2.05, 4.69) is 4.90 Å². The number of aliphatic hydroxyl groups excluding tert-OH is 1. The summed E-state index contributed by atoms with van der Waals surface area (Å²) in [7, 11) is 1.76. The smallest absolute Gasteiger partial charge is 0.335 e. The highest BCUT2D eigenvalue weighted by atomic mass is 16.4. The Bertz CT molecular complexity index is 638. The molecule has 0 aliphatic carbocycles. The fraction of sp³-hybridized carbons (Fsp3) is 0.556. The summed E-state index contributed by atoms with van der Waals surface area (Å²) in [5, 5.41) is 19.1. The molecular formula is C18H24N2O4. The van der Waals surface area contributed by atoms with Crippen molar-refractivity contribution in [1.82, 2.24) is 9.80 Å². The Hall–Kier alpha value is -1.92. The van der Waals surface area contributed by atoms with E-state index in [0.717, 1.165) is 31.5 Å². The van der Waals surface area contributed by atoms with E-state index in [1.807, 2.05) is 6.07 Å². The predicted octanol–water partition coefficient (Wildman–Crippen LogP) is 1.19. The average Bonchev–Trinajstić information content (AvgIpc) is 2.55. The number of hydrogen-bond donors (Lipinski definition) is 2. The second-order valence-corrected chi connectivity index (χ2v) is 7.11. The molecule has 0 saturated carbocycles. The van der Waals surface area contributed by atoms with Crippen molar-refractivity contribution in [3.8, 4) is 0 Å². The van der Waals surface area contributed by atoms with Crippen LogP contribution in [0.1, 0.15) is 35.2 Å². The second kappa shape index (κ2) is 6.53. The van der Waals surface area contributed by atoms with Gasteiger partial charge < -0.3 is 15.1 Å². The molecule has 1 aromatic rings. The number of aromatic carboxylic acids is 1. The van der Waals surface area contributed by atoms with Gasteiger partial charge in [-0.15, -0.1) is 0 Å². The van der Waals surface area contributed by atoms with E-state index in [4.69, 9.17) is 5.11 Å². The number of rotatable bonds is 3. The normalized spacial score (nSPS) is 24.3. The molecular weight excluding hydrogens is 308 g/mol. The fourth-order valence-electron chi connectivity index (χ4n) is 4.02. The van der Waals surface area contributed by atoms with Crippen molar-refractivity contribution in [1.29, 1.82) is 0 Å². The van der Waals surface area contributed by atoms with E-state index < -0.39 is 17.5 Å². The number of piperidine rings is 2. The topological polar surface area (TPSA) is 81.1 Å². The van der Waals surface area contributed by atoms with E-state index in [0.29, 0.717) is 25.1 Å². The number of likely N-dealkylation sites (tertiary alicyclic amines) is 2. The third kappa shape index (κ3) is 3.30. The van der Waals surface area contributed by atoms with Crippen LogP contribution in [0.2, 0.25) is 0 Å². The van der Waals surface area contributed by atoms with Gasteiger partial charge in [-0.25, -0.2) is 4.79 Å². The van der Waals surface area contributed by atoms with Gasteiger partial charge in [0.15, 0.2) is 0 Å². The first-order chi connectivity index (χ1) is 11.4. The van der Waals surface area contributed by atoms with Gasteiger partial charge >= 0.3 is 5.97 Å². The number of carbonyl (C=O) groups is 2. The molecule has 1 atom stereocenters. The quantitative estimate of drug-likeness (QED) is 0.869. The largest absolute Gasteiger partial charge is 0.478 e.